The average Bonchev–Trinajstić information content (AvgIpc) is 2.42. The quantitative estimate of drug-likeness (QED) is 0.881. The number of nitrogens with zero attached hydrogens (tertiary/aromatic N) is 1. The standard InChI is InChI=1S/C13H14BrN3O2S/c1-9-12(14)5-10(7-15)6-13(9)20(18,19)17-11-3-2-4-16-8-11/h2-6,8,17H,7,15H2,1H3. The van der Waals surface area contributed by atoms with Gasteiger partial charge in [0.25, 0.3) is 10.0 Å². The lowest BCUT2D eigenvalue weighted by molar-refractivity contribution is 0.600. The molecule has 1 aromatic heterocycles. The van der Waals surface area contributed by atoms with Crippen LogP contribution in [0.3, 0.4) is 0 Å². The van der Waals surface area contributed by atoms with E-state index in [1.54, 1.807) is 31.3 Å². The molecule has 20 heavy (non-hydrogen) atoms. The van der Waals surface area contributed by atoms with Crippen LogP contribution in [0, 0.1) is 6.92 Å². The Bertz CT molecular complexity index is 718. The Kier molecular flexibility index (Phi) is 4.42. The highest BCUT2D eigenvalue weighted by Gasteiger charge is 2.19. The van der Waals surface area contributed by atoms with Crippen molar-refractivity contribution in [2.24, 2.45) is 5.73 Å². The van der Waals surface area contributed by atoms with E-state index < -0.39 is 10.0 Å². The number of benzene rings is 1. The van der Waals surface area contributed by atoms with Gasteiger partial charge in [0.05, 0.1) is 16.8 Å². The first-order chi connectivity index (χ1) is 9.44. The molecule has 1 heterocycles. The zero-order valence-electron chi connectivity index (χ0n) is 10.8. The molecule has 0 saturated heterocycles. The molecular weight excluding hydrogens is 342 g/mol. The molecule has 0 atom stereocenters. The minimum absolute atomic E-state index is 0.205. The molecule has 0 aliphatic rings. The number of nitrogens with two attached hydrogens (primary N) is 1. The van der Waals surface area contributed by atoms with Crippen LogP contribution in [0.5, 0.6) is 0 Å². The van der Waals surface area contributed by atoms with Crippen LogP contribution >= 0.6 is 15.9 Å². The Morgan fingerprint density at radius 1 is 1.40 bits per heavy atom. The Morgan fingerprint density at radius 3 is 2.75 bits per heavy atom. The zero-order chi connectivity index (χ0) is 14.8. The van der Waals surface area contributed by atoms with E-state index in [-0.39, 0.29) is 11.4 Å². The average molecular weight is 356 g/mol. The maximum atomic E-state index is 12.4. The summed E-state index contributed by atoms with van der Waals surface area (Å²) in [6, 6.07) is 6.70. The molecular formula is C13H14BrN3O2S. The topological polar surface area (TPSA) is 85.1 Å². The van der Waals surface area contributed by atoms with E-state index >= 15 is 0 Å². The highest BCUT2D eigenvalue weighted by atomic mass is 79.9. The number of halogens is 1. The maximum Gasteiger partial charge on any atom is 0.262 e. The van der Waals surface area contributed by atoms with Crippen molar-refractivity contribution in [2.45, 2.75) is 18.4 Å². The van der Waals surface area contributed by atoms with Crippen molar-refractivity contribution < 1.29 is 8.42 Å². The minimum atomic E-state index is -3.67. The number of aromatic nitrogens is 1. The van der Waals surface area contributed by atoms with Gasteiger partial charge in [0.1, 0.15) is 0 Å². The van der Waals surface area contributed by atoms with Gasteiger partial charge in [0.2, 0.25) is 0 Å². The number of hydrogen-bond acceptors (Lipinski definition) is 4. The number of pyridine rings is 1. The van der Waals surface area contributed by atoms with Crippen molar-refractivity contribution >= 4 is 31.6 Å². The smallest absolute Gasteiger partial charge is 0.262 e. The summed E-state index contributed by atoms with van der Waals surface area (Å²) in [6.45, 7) is 2.01. The third-order valence-electron chi connectivity index (χ3n) is 2.80. The summed E-state index contributed by atoms with van der Waals surface area (Å²) in [5.74, 6) is 0. The monoisotopic (exact) mass is 355 g/mol. The van der Waals surface area contributed by atoms with E-state index in [0.29, 0.717) is 15.7 Å². The van der Waals surface area contributed by atoms with Crippen molar-refractivity contribution in [1.82, 2.24) is 4.98 Å². The summed E-state index contributed by atoms with van der Waals surface area (Å²) < 4.78 is 28.1. The fourth-order valence-electron chi connectivity index (χ4n) is 1.74. The largest absolute Gasteiger partial charge is 0.326 e. The molecule has 3 N–H and O–H groups in total. The van der Waals surface area contributed by atoms with Crippen molar-refractivity contribution in [2.75, 3.05) is 4.72 Å². The van der Waals surface area contributed by atoms with Crippen molar-refractivity contribution in [3.63, 3.8) is 0 Å². The Labute approximate surface area is 126 Å². The molecule has 2 rings (SSSR count). The highest BCUT2D eigenvalue weighted by Crippen LogP contribution is 2.27. The minimum Gasteiger partial charge on any atom is -0.326 e. The summed E-state index contributed by atoms with van der Waals surface area (Å²) in [6.07, 6.45) is 3.03. The summed E-state index contributed by atoms with van der Waals surface area (Å²) >= 11 is 3.36. The van der Waals surface area contributed by atoms with Gasteiger partial charge >= 0.3 is 0 Å². The molecule has 2 aromatic rings. The molecule has 0 spiro atoms. The van der Waals surface area contributed by atoms with Crippen LogP contribution < -0.4 is 10.5 Å². The van der Waals surface area contributed by atoms with Gasteiger partial charge in [0.15, 0.2) is 0 Å². The van der Waals surface area contributed by atoms with Gasteiger partial charge in [-0.25, -0.2) is 8.42 Å². The van der Waals surface area contributed by atoms with Crippen LogP contribution in [0.4, 0.5) is 5.69 Å². The van der Waals surface area contributed by atoms with Crippen LogP contribution in [-0.2, 0) is 16.6 Å². The molecule has 0 aliphatic heterocycles. The van der Waals surface area contributed by atoms with Crippen molar-refractivity contribution in [3.05, 3.63) is 52.3 Å². The zero-order valence-corrected chi connectivity index (χ0v) is 13.2. The van der Waals surface area contributed by atoms with E-state index in [9.17, 15) is 8.42 Å². The van der Waals surface area contributed by atoms with E-state index in [1.165, 1.54) is 6.20 Å². The number of rotatable bonds is 4. The Hall–Kier alpha value is -1.44. The fourth-order valence-corrected chi connectivity index (χ4v) is 3.74. The molecule has 0 fully saturated rings. The fraction of sp³-hybridized carbons (Fsp3) is 0.154. The van der Waals surface area contributed by atoms with Gasteiger partial charge in [-0.15, -0.1) is 0 Å². The lowest BCUT2D eigenvalue weighted by atomic mass is 10.1. The molecule has 0 amide bonds. The first-order valence-electron chi connectivity index (χ1n) is 5.86. The van der Waals surface area contributed by atoms with E-state index in [1.807, 2.05) is 6.07 Å². The second-order valence-corrected chi connectivity index (χ2v) is 6.76. The lowest BCUT2D eigenvalue weighted by Crippen LogP contribution is -2.15. The number of sulfonamides is 1. The molecule has 0 unspecified atom stereocenters. The number of hydrogen-bond donors (Lipinski definition) is 2. The third kappa shape index (κ3) is 3.17. The van der Waals surface area contributed by atoms with Gasteiger partial charge in [0, 0.05) is 17.2 Å². The van der Waals surface area contributed by atoms with Gasteiger partial charge < -0.3 is 5.73 Å². The molecule has 0 bridgehead atoms. The normalized spacial score (nSPS) is 11.3. The predicted molar refractivity (Wildman–Crippen MR) is 81.8 cm³/mol. The second-order valence-electron chi connectivity index (χ2n) is 4.25. The van der Waals surface area contributed by atoms with Crippen LogP contribution in [0.25, 0.3) is 0 Å². The van der Waals surface area contributed by atoms with Gasteiger partial charge in [-0.2, -0.15) is 0 Å². The molecule has 1 aromatic carbocycles. The van der Waals surface area contributed by atoms with E-state index in [0.717, 1.165) is 5.56 Å². The second kappa shape index (κ2) is 5.90. The lowest BCUT2D eigenvalue weighted by Gasteiger charge is -2.13. The first kappa shape index (κ1) is 15.0. The summed E-state index contributed by atoms with van der Waals surface area (Å²) in [7, 11) is -3.67. The maximum absolute atomic E-state index is 12.4. The SMILES string of the molecule is Cc1c(Br)cc(CN)cc1S(=O)(=O)Nc1cccnc1. The molecule has 106 valence electrons. The molecule has 7 heteroatoms. The molecule has 5 nitrogen and oxygen atoms in total. The van der Waals surface area contributed by atoms with Gasteiger partial charge in [-0.05, 0) is 42.3 Å². The molecule has 0 saturated carbocycles. The number of nitrogens with one attached hydrogen (secondary N) is 1. The van der Waals surface area contributed by atoms with Crippen LogP contribution in [0.15, 0.2) is 46.0 Å². The van der Waals surface area contributed by atoms with Crippen LogP contribution in [0.2, 0.25) is 0 Å². The highest BCUT2D eigenvalue weighted by molar-refractivity contribution is 9.10. The first-order valence-corrected chi connectivity index (χ1v) is 8.13. The summed E-state index contributed by atoms with van der Waals surface area (Å²) in [5.41, 5.74) is 7.39. The van der Waals surface area contributed by atoms with Crippen molar-refractivity contribution in [3.8, 4) is 0 Å². The Morgan fingerprint density at radius 2 is 2.15 bits per heavy atom. The predicted octanol–water partition coefficient (Wildman–Crippen LogP) is 2.41. The van der Waals surface area contributed by atoms with Crippen molar-refractivity contribution in [1.29, 1.82) is 0 Å². The van der Waals surface area contributed by atoms with Crippen LogP contribution in [-0.4, -0.2) is 13.4 Å². The van der Waals surface area contributed by atoms with E-state index in [2.05, 4.69) is 25.6 Å². The summed E-state index contributed by atoms with van der Waals surface area (Å²) in [4.78, 5) is 4.08. The molecule has 0 aliphatic carbocycles. The van der Waals surface area contributed by atoms with Gasteiger partial charge in [-0.3, -0.25) is 9.71 Å². The Balaban J connectivity index is 2.47. The molecule has 0 radical (unpaired) electrons. The van der Waals surface area contributed by atoms with Crippen LogP contribution in [0.1, 0.15) is 11.1 Å². The van der Waals surface area contributed by atoms with Gasteiger partial charge in [-0.1, -0.05) is 15.9 Å². The number of anilines is 1. The summed E-state index contributed by atoms with van der Waals surface area (Å²) in [5, 5.41) is 0. The third-order valence-corrected chi connectivity index (χ3v) is 5.13. The van der Waals surface area contributed by atoms with E-state index in [4.69, 9.17) is 5.73 Å².